The van der Waals surface area contributed by atoms with Gasteiger partial charge in [-0.05, 0) is 11.6 Å². The van der Waals surface area contributed by atoms with Crippen LogP contribution in [0, 0.1) is 0 Å². The number of fused-ring (bicyclic) bond motifs is 1. The normalized spacial score (nSPS) is 11.1. The minimum absolute atomic E-state index is 0.584. The van der Waals surface area contributed by atoms with Gasteiger partial charge < -0.3 is 15.0 Å². The number of benzene rings is 1. The number of ether oxygens (including phenoxy) is 1. The number of hydrogen-bond donors (Lipinski definition) is 1. The first-order chi connectivity index (χ1) is 7.36. The van der Waals surface area contributed by atoms with Crippen molar-refractivity contribution in [2.24, 2.45) is 5.73 Å². The zero-order valence-corrected chi connectivity index (χ0v) is 8.94. The standard InChI is InChI=1S/C12H16N2O/c1-15-7-6-14-9-10(8-13)11-4-2-3-5-12(11)14/h2-5,9H,6-8,13H2,1H3. The number of para-hydroxylation sites is 1. The van der Waals surface area contributed by atoms with Crippen molar-refractivity contribution in [1.29, 1.82) is 0 Å². The lowest BCUT2D eigenvalue weighted by atomic mass is 10.2. The number of rotatable bonds is 4. The molecular weight excluding hydrogens is 188 g/mol. The molecule has 0 spiro atoms. The van der Waals surface area contributed by atoms with E-state index in [4.69, 9.17) is 10.5 Å². The highest BCUT2D eigenvalue weighted by Crippen LogP contribution is 2.20. The summed E-state index contributed by atoms with van der Waals surface area (Å²) in [4.78, 5) is 0. The summed E-state index contributed by atoms with van der Waals surface area (Å²) in [5, 5.41) is 1.25. The van der Waals surface area contributed by atoms with E-state index in [0.29, 0.717) is 6.54 Å². The maximum atomic E-state index is 5.71. The van der Waals surface area contributed by atoms with Gasteiger partial charge in [0.15, 0.2) is 0 Å². The molecule has 2 aromatic rings. The van der Waals surface area contributed by atoms with Crippen LogP contribution >= 0.6 is 0 Å². The van der Waals surface area contributed by atoms with Gasteiger partial charge in [0.05, 0.1) is 6.61 Å². The lowest BCUT2D eigenvalue weighted by Gasteiger charge is -2.03. The summed E-state index contributed by atoms with van der Waals surface area (Å²) in [6, 6.07) is 8.32. The summed E-state index contributed by atoms with van der Waals surface area (Å²) >= 11 is 0. The lowest BCUT2D eigenvalue weighted by molar-refractivity contribution is 0.188. The summed E-state index contributed by atoms with van der Waals surface area (Å²) in [5.41, 5.74) is 8.14. The SMILES string of the molecule is COCCn1cc(CN)c2ccccc21. The van der Waals surface area contributed by atoms with Crippen LogP contribution in [-0.4, -0.2) is 18.3 Å². The Hall–Kier alpha value is -1.32. The van der Waals surface area contributed by atoms with Crippen LogP contribution in [-0.2, 0) is 17.8 Å². The van der Waals surface area contributed by atoms with E-state index in [1.54, 1.807) is 7.11 Å². The highest BCUT2D eigenvalue weighted by Gasteiger charge is 2.05. The monoisotopic (exact) mass is 204 g/mol. The molecule has 0 aliphatic heterocycles. The minimum Gasteiger partial charge on any atom is -0.383 e. The molecule has 3 heteroatoms. The Kier molecular flexibility index (Phi) is 3.04. The smallest absolute Gasteiger partial charge is 0.0641 e. The topological polar surface area (TPSA) is 40.2 Å². The molecule has 0 atom stereocenters. The third-order valence-corrected chi connectivity index (χ3v) is 2.63. The maximum absolute atomic E-state index is 5.71. The minimum atomic E-state index is 0.584. The number of nitrogens with zero attached hydrogens (tertiary/aromatic N) is 1. The number of hydrogen-bond acceptors (Lipinski definition) is 2. The molecule has 0 bridgehead atoms. The first kappa shape index (κ1) is 10.2. The molecule has 3 nitrogen and oxygen atoms in total. The largest absolute Gasteiger partial charge is 0.383 e. The van der Waals surface area contributed by atoms with E-state index in [-0.39, 0.29) is 0 Å². The number of aromatic nitrogens is 1. The van der Waals surface area contributed by atoms with Gasteiger partial charge in [0.25, 0.3) is 0 Å². The molecule has 0 saturated heterocycles. The van der Waals surface area contributed by atoms with Crippen LogP contribution < -0.4 is 5.73 Å². The van der Waals surface area contributed by atoms with Gasteiger partial charge in [0.1, 0.15) is 0 Å². The van der Waals surface area contributed by atoms with E-state index in [1.165, 1.54) is 16.5 Å². The summed E-state index contributed by atoms with van der Waals surface area (Å²) in [5.74, 6) is 0. The highest BCUT2D eigenvalue weighted by molar-refractivity contribution is 5.83. The van der Waals surface area contributed by atoms with Crippen molar-refractivity contribution >= 4 is 10.9 Å². The fourth-order valence-electron chi connectivity index (χ4n) is 1.86. The van der Waals surface area contributed by atoms with E-state index in [0.717, 1.165) is 13.2 Å². The van der Waals surface area contributed by atoms with Gasteiger partial charge in [-0.25, -0.2) is 0 Å². The van der Waals surface area contributed by atoms with Crippen LogP contribution in [0.3, 0.4) is 0 Å². The molecule has 0 aliphatic rings. The zero-order valence-electron chi connectivity index (χ0n) is 8.94. The second-order valence-corrected chi connectivity index (χ2v) is 3.56. The predicted molar refractivity (Wildman–Crippen MR) is 61.7 cm³/mol. The van der Waals surface area contributed by atoms with Crippen molar-refractivity contribution in [3.8, 4) is 0 Å². The Morgan fingerprint density at radius 1 is 1.33 bits per heavy atom. The molecule has 1 heterocycles. The van der Waals surface area contributed by atoms with Crippen LogP contribution in [0.4, 0.5) is 0 Å². The summed E-state index contributed by atoms with van der Waals surface area (Å²) in [6.45, 7) is 2.18. The van der Waals surface area contributed by atoms with Gasteiger partial charge in [-0.15, -0.1) is 0 Å². The molecule has 0 radical (unpaired) electrons. The van der Waals surface area contributed by atoms with Crippen molar-refractivity contribution in [2.45, 2.75) is 13.1 Å². The van der Waals surface area contributed by atoms with Crippen molar-refractivity contribution in [1.82, 2.24) is 4.57 Å². The molecule has 15 heavy (non-hydrogen) atoms. The summed E-state index contributed by atoms with van der Waals surface area (Å²) in [7, 11) is 1.72. The quantitative estimate of drug-likeness (QED) is 0.824. The van der Waals surface area contributed by atoms with E-state index in [2.05, 4.69) is 22.9 Å². The molecule has 0 aliphatic carbocycles. The van der Waals surface area contributed by atoms with Crippen LogP contribution in [0.15, 0.2) is 30.5 Å². The molecule has 80 valence electrons. The van der Waals surface area contributed by atoms with Crippen molar-refractivity contribution in [2.75, 3.05) is 13.7 Å². The molecule has 0 amide bonds. The van der Waals surface area contributed by atoms with E-state index >= 15 is 0 Å². The third kappa shape index (κ3) is 1.89. The van der Waals surface area contributed by atoms with E-state index < -0.39 is 0 Å². The van der Waals surface area contributed by atoms with E-state index in [9.17, 15) is 0 Å². The molecule has 0 unspecified atom stereocenters. The molecular formula is C12H16N2O. The van der Waals surface area contributed by atoms with Gasteiger partial charge in [-0.2, -0.15) is 0 Å². The fourth-order valence-corrected chi connectivity index (χ4v) is 1.86. The second-order valence-electron chi connectivity index (χ2n) is 3.56. The second kappa shape index (κ2) is 4.47. The lowest BCUT2D eigenvalue weighted by Crippen LogP contribution is -2.02. The Morgan fingerprint density at radius 2 is 2.13 bits per heavy atom. The Morgan fingerprint density at radius 3 is 2.87 bits per heavy atom. The Balaban J connectivity index is 2.45. The van der Waals surface area contributed by atoms with Gasteiger partial charge in [-0.3, -0.25) is 0 Å². The predicted octanol–water partition coefficient (Wildman–Crippen LogP) is 1.75. The van der Waals surface area contributed by atoms with Gasteiger partial charge in [0.2, 0.25) is 0 Å². The van der Waals surface area contributed by atoms with Gasteiger partial charge in [0, 0.05) is 37.3 Å². The van der Waals surface area contributed by atoms with Crippen LogP contribution in [0.25, 0.3) is 10.9 Å². The average molecular weight is 204 g/mol. The van der Waals surface area contributed by atoms with Crippen molar-refractivity contribution in [3.63, 3.8) is 0 Å². The molecule has 2 N–H and O–H groups in total. The molecule has 0 saturated carbocycles. The van der Waals surface area contributed by atoms with Crippen molar-refractivity contribution in [3.05, 3.63) is 36.0 Å². The van der Waals surface area contributed by atoms with E-state index in [1.807, 2.05) is 12.1 Å². The average Bonchev–Trinajstić information content (AvgIpc) is 2.65. The first-order valence-corrected chi connectivity index (χ1v) is 5.12. The summed E-state index contributed by atoms with van der Waals surface area (Å²) < 4.78 is 7.28. The molecule has 1 aromatic heterocycles. The van der Waals surface area contributed by atoms with Crippen LogP contribution in [0.1, 0.15) is 5.56 Å². The van der Waals surface area contributed by atoms with Crippen LogP contribution in [0.5, 0.6) is 0 Å². The highest BCUT2D eigenvalue weighted by atomic mass is 16.5. The molecule has 1 aromatic carbocycles. The van der Waals surface area contributed by atoms with Crippen LogP contribution in [0.2, 0.25) is 0 Å². The zero-order chi connectivity index (χ0) is 10.7. The number of nitrogens with two attached hydrogens (primary N) is 1. The Labute approximate surface area is 89.4 Å². The Bertz CT molecular complexity index is 448. The fraction of sp³-hybridized carbons (Fsp3) is 0.333. The summed E-state index contributed by atoms with van der Waals surface area (Å²) in [6.07, 6.45) is 2.11. The van der Waals surface area contributed by atoms with Crippen molar-refractivity contribution < 1.29 is 4.74 Å². The van der Waals surface area contributed by atoms with Gasteiger partial charge >= 0.3 is 0 Å². The molecule has 0 fully saturated rings. The number of methoxy groups -OCH3 is 1. The third-order valence-electron chi connectivity index (χ3n) is 2.63. The first-order valence-electron chi connectivity index (χ1n) is 5.12. The van der Waals surface area contributed by atoms with Gasteiger partial charge in [-0.1, -0.05) is 18.2 Å². The maximum Gasteiger partial charge on any atom is 0.0641 e. The molecule has 2 rings (SSSR count).